The van der Waals surface area contributed by atoms with Crippen LogP contribution in [0.2, 0.25) is 0 Å². The minimum absolute atomic E-state index is 0.0484. The number of fused-ring (bicyclic) bond motifs is 1. The fourth-order valence-corrected chi connectivity index (χ4v) is 4.26. The molecule has 182 valence electrons. The zero-order valence-corrected chi connectivity index (χ0v) is 20.6. The largest absolute Gasteiger partial charge is 0.326 e. The van der Waals surface area contributed by atoms with E-state index in [0.717, 1.165) is 39.0 Å². The summed E-state index contributed by atoms with van der Waals surface area (Å²) in [6.45, 7) is 2.09. The molecule has 2 aromatic heterocycles. The third kappa shape index (κ3) is 5.93. The number of carbonyl (C=O) groups is 1. The highest BCUT2D eigenvalue weighted by atomic mass is 16.1. The van der Waals surface area contributed by atoms with E-state index in [2.05, 4.69) is 22.2 Å². The summed E-state index contributed by atoms with van der Waals surface area (Å²) in [5.74, 6) is 0.115. The van der Waals surface area contributed by atoms with E-state index in [9.17, 15) is 4.79 Å². The maximum absolute atomic E-state index is 12.4. The Morgan fingerprint density at radius 3 is 2.43 bits per heavy atom. The van der Waals surface area contributed by atoms with E-state index >= 15 is 0 Å². The molecular formula is C31H27N5O. The highest BCUT2D eigenvalue weighted by Crippen LogP contribution is 2.25. The molecule has 5 rings (SSSR count). The number of nitrogens with zero attached hydrogens (tertiary/aromatic N) is 3. The molecule has 0 fully saturated rings. The van der Waals surface area contributed by atoms with Gasteiger partial charge in [-0.15, -0.1) is 0 Å². The van der Waals surface area contributed by atoms with Gasteiger partial charge in [-0.05, 0) is 64.9 Å². The standard InChI is InChI=1S/C31H27N5O/c1-21(25-8-5-15-33-19-25)16-27(32)30-20-34-28-14-11-24(18-29(28)36-30)23-9-12-26(13-10-23)35-31(37)17-22-6-3-2-4-7-22/h2-15,18-21,32H,16-17H2,1H3,(H,35,37). The second-order valence-corrected chi connectivity index (χ2v) is 9.12. The van der Waals surface area contributed by atoms with Crippen LogP contribution in [0.15, 0.2) is 104 Å². The minimum Gasteiger partial charge on any atom is -0.326 e. The van der Waals surface area contributed by atoms with Crippen molar-refractivity contribution in [1.29, 1.82) is 5.41 Å². The van der Waals surface area contributed by atoms with Crippen molar-refractivity contribution >= 4 is 28.3 Å². The fraction of sp³-hybridized carbons (Fsp3) is 0.129. The number of hydrogen-bond donors (Lipinski definition) is 2. The third-order valence-corrected chi connectivity index (χ3v) is 6.32. The van der Waals surface area contributed by atoms with Crippen molar-refractivity contribution in [2.24, 2.45) is 0 Å². The van der Waals surface area contributed by atoms with Gasteiger partial charge in [0.2, 0.25) is 5.91 Å². The lowest BCUT2D eigenvalue weighted by atomic mass is 9.96. The summed E-state index contributed by atoms with van der Waals surface area (Å²) in [6, 6.07) is 27.3. The smallest absolute Gasteiger partial charge is 0.228 e. The van der Waals surface area contributed by atoms with E-state index in [0.29, 0.717) is 24.2 Å². The van der Waals surface area contributed by atoms with Crippen LogP contribution in [-0.2, 0) is 11.2 Å². The molecule has 37 heavy (non-hydrogen) atoms. The van der Waals surface area contributed by atoms with Crippen LogP contribution >= 0.6 is 0 Å². The first kappa shape index (κ1) is 24.0. The Morgan fingerprint density at radius 2 is 1.68 bits per heavy atom. The summed E-state index contributed by atoms with van der Waals surface area (Å²) < 4.78 is 0. The van der Waals surface area contributed by atoms with Crippen molar-refractivity contribution in [1.82, 2.24) is 15.0 Å². The zero-order chi connectivity index (χ0) is 25.6. The number of nitrogens with one attached hydrogen (secondary N) is 2. The number of hydrogen-bond acceptors (Lipinski definition) is 5. The zero-order valence-electron chi connectivity index (χ0n) is 20.6. The molecule has 1 atom stereocenters. The number of benzene rings is 3. The Morgan fingerprint density at radius 1 is 0.892 bits per heavy atom. The van der Waals surface area contributed by atoms with Crippen molar-refractivity contribution in [3.05, 3.63) is 120 Å². The van der Waals surface area contributed by atoms with Crippen LogP contribution in [0.3, 0.4) is 0 Å². The number of aromatic nitrogens is 3. The lowest BCUT2D eigenvalue weighted by Gasteiger charge is -2.12. The number of carbonyl (C=O) groups excluding carboxylic acids is 1. The van der Waals surface area contributed by atoms with Gasteiger partial charge in [-0.2, -0.15) is 0 Å². The van der Waals surface area contributed by atoms with Gasteiger partial charge in [0, 0.05) is 18.1 Å². The summed E-state index contributed by atoms with van der Waals surface area (Å²) in [5, 5.41) is 11.6. The Labute approximate surface area is 216 Å². The monoisotopic (exact) mass is 485 g/mol. The van der Waals surface area contributed by atoms with Gasteiger partial charge in [-0.3, -0.25) is 14.8 Å². The maximum Gasteiger partial charge on any atom is 0.228 e. The Balaban J connectivity index is 1.29. The van der Waals surface area contributed by atoms with Crippen molar-refractivity contribution in [2.75, 3.05) is 5.32 Å². The summed E-state index contributed by atoms with van der Waals surface area (Å²) >= 11 is 0. The molecular weight excluding hydrogens is 458 g/mol. The van der Waals surface area contributed by atoms with Crippen molar-refractivity contribution < 1.29 is 4.79 Å². The average Bonchev–Trinajstić information content (AvgIpc) is 2.93. The van der Waals surface area contributed by atoms with Crippen LogP contribution in [0.5, 0.6) is 0 Å². The Kier molecular flexibility index (Phi) is 7.08. The number of anilines is 1. The normalized spacial score (nSPS) is 11.7. The van der Waals surface area contributed by atoms with Crippen molar-refractivity contribution in [3.8, 4) is 11.1 Å². The first-order valence-electron chi connectivity index (χ1n) is 12.2. The van der Waals surface area contributed by atoms with Gasteiger partial charge in [0.15, 0.2) is 0 Å². The minimum atomic E-state index is -0.0484. The molecule has 2 N–H and O–H groups in total. The molecule has 2 heterocycles. The molecule has 0 spiro atoms. The van der Waals surface area contributed by atoms with E-state index in [4.69, 9.17) is 10.4 Å². The van der Waals surface area contributed by atoms with Gasteiger partial charge in [0.25, 0.3) is 0 Å². The molecule has 0 aliphatic carbocycles. The first-order chi connectivity index (χ1) is 18.0. The predicted octanol–water partition coefficient (Wildman–Crippen LogP) is 6.43. The van der Waals surface area contributed by atoms with Crippen LogP contribution in [0.1, 0.15) is 36.1 Å². The predicted molar refractivity (Wildman–Crippen MR) is 148 cm³/mol. The Hall–Kier alpha value is -4.71. The molecule has 0 saturated carbocycles. The molecule has 0 aliphatic heterocycles. The van der Waals surface area contributed by atoms with Gasteiger partial charge in [-0.1, -0.05) is 61.5 Å². The highest BCUT2D eigenvalue weighted by molar-refractivity contribution is 5.98. The average molecular weight is 486 g/mol. The van der Waals surface area contributed by atoms with Crippen LogP contribution in [-0.4, -0.2) is 26.6 Å². The number of amides is 1. The van der Waals surface area contributed by atoms with Crippen LogP contribution in [0, 0.1) is 5.41 Å². The second kappa shape index (κ2) is 10.9. The van der Waals surface area contributed by atoms with Crippen molar-refractivity contribution in [3.63, 3.8) is 0 Å². The summed E-state index contributed by atoms with van der Waals surface area (Å²) in [4.78, 5) is 25.8. The summed E-state index contributed by atoms with van der Waals surface area (Å²) in [7, 11) is 0. The molecule has 0 aliphatic rings. The number of rotatable bonds is 8. The quantitative estimate of drug-likeness (QED) is 0.248. The molecule has 6 heteroatoms. The second-order valence-electron chi connectivity index (χ2n) is 9.12. The van der Waals surface area contributed by atoms with Gasteiger partial charge in [-0.25, -0.2) is 4.98 Å². The molecule has 5 aromatic rings. The number of pyridine rings is 1. The van der Waals surface area contributed by atoms with E-state index < -0.39 is 0 Å². The SMILES string of the molecule is CC(CC(=N)c1cnc2ccc(-c3ccc(NC(=O)Cc4ccccc4)cc3)cc2n1)c1cccnc1. The van der Waals surface area contributed by atoms with Gasteiger partial charge >= 0.3 is 0 Å². The maximum atomic E-state index is 12.4. The molecule has 0 radical (unpaired) electrons. The van der Waals surface area contributed by atoms with Crippen LogP contribution < -0.4 is 5.32 Å². The van der Waals surface area contributed by atoms with Crippen LogP contribution in [0.25, 0.3) is 22.2 Å². The van der Waals surface area contributed by atoms with E-state index in [1.54, 1.807) is 12.4 Å². The van der Waals surface area contributed by atoms with E-state index in [-0.39, 0.29) is 11.8 Å². The Bertz CT molecular complexity index is 1530. The third-order valence-electron chi connectivity index (χ3n) is 6.32. The molecule has 1 unspecified atom stereocenters. The van der Waals surface area contributed by atoms with E-state index in [1.807, 2.05) is 91.1 Å². The molecule has 3 aromatic carbocycles. The molecule has 1 amide bonds. The molecule has 0 saturated heterocycles. The summed E-state index contributed by atoms with van der Waals surface area (Å²) in [6.07, 6.45) is 6.17. The van der Waals surface area contributed by atoms with Gasteiger partial charge < -0.3 is 10.7 Å². The highest BCUT2D eigenvalue weighted by Gasteiger charge is 2.13. The van der Waals surface area contributed by atoms with Gasteiger partial charge in [0.1, 0.15) is 5.69 Å². The van der Waals surface area contributed by atoms with E-state index in [1.165, 1.54) is 0 Å². The molecule has 0 bridgehead atoms. The topological polar surface area (TPSA) is 91.6 Å². The lowest BCUT2D eigenvalue weighted by molar-refractivity contribution is -0.115. The lowest BCUT2D eigenvalue weighted by Crippen LogP contribution is -2.14. The van der Waals surface area contributed by atoms with Gasteiger partial charge in [0.05, 0.1) is 29.4 Å². The first-order valence-corrected chi connectivity index (χ1v) is 12.2. The van der Waals surface area contributed by atoms with Crippen molar-refractivity contribution in [2.45, 2.75) is 25.7 Å². The summed E-state index contributed by atoms with van der Waals surface area (Å²) in [5.41, 5.74) is 7.40. The van der Waals surface area contributed by atoms with Crippen LogP contribution in [0.4, 0.5) is 5.69 Å². The fourth-order valence-electron chi connectivity index (χ4n) is 4.26. The molecule has 6 nitrogen and oxygen atoms in total.